The molecule has 0 aliphatic rings. The number of nitrogens with one attached hydrogen (secondary N) is 1. The number of carbonyl (C=O) groups excluding carboxylic acids is 2. The monoisotopic (exact) mass is 490 g/mol. The number of benzene rings is 1. The number of hydrogen-bond acceptors (Lipinski definition) is 7. The van der Waals surface area contributed by atoms with Crippen molar-refractivity contribution in [2.75, 3.05) is 5.75 Å². The van der Waals surface area contributed by atoms with E-state index in [1.165, 1.54) is 0 Å². The van der Waals surface area contributed by atoms with Crippen LogP contribution in [-0.2, 0) is 20.9 Å². The van der Waals surface area contributed by atoms with Gasteiger partial charge < -0.3 is 14.8 Å². The van der Waals surface area contributed by atoms with E-state index < -0.39 is 23.7 Å². The van der Waals surface area contributed by atoms with Gasteiger partial charge in [0, 0.05) is 11.9 Å². The zero-order chi connectivity index (χ0) is 23.9. The Morgan fingerprint density at radius 3 is 2.42 bits per heavy atom. The highest BCUT2D eigenvalue weighted by atomic mass is 33.1. The Morgan fingerprint density at radius 2 is 1.73 bits per heavy atom. The van der Waals surface area contributed by atoms with Gasteiger partial charge in [0.15, 0.2) is 0 Å². The van der Waals surface area contributed by atoms with Crippen LogP contribution in [0.3, 0.4) is 0 Å². The molecule has 2 aromatic rings. The minimum absolute atomic E-state index is 0.155. The SMILES string of the molecule is CC(C)(C)OC(=O)[C@H](CCCCCCSSc1ccccn1)NC(=O)OCc1ccccc1. The lowest BCUT2D eigenvalue weighted by molar-refractivity contribution is -0.157. The summed E-state index contributed by atoms with van der Waals surface area (Å²) in [4.78, 5) is 29.2. The second-order valence-corrected chi connectivity index (χ2v) is 11.0. The minimum Gasteiger partial charge on any atom is -0.458 e. The molecule has 1 atom stereocenters. The summed E-state index contributed by atoms with van der Waals surface area (Å²) >= 11 is 0. The Labute approximate surface area is 205 Å². The molecule has 1 amide bonds. The molecular weight excluding hydrogens is 456 g/mol. The number of unbranched alkanes of at least 4 members (excludes halogenated alkanes) is 3. The molecule has 0 saturated carbocycles. The van der Waals surface area contributed by atoms with Gasteiger partial charge in [0.25, 0.3) is 0 Å². The first-order valence-corrected chi connectivity index (χ1v) is 13.6. The molecule has 0 bridgehead atoms. The summed E-state index contributed by atoms with van der Waals surface area (Å²) in [6, 6.07) is 14.6. The molecule has 0 fully saturated rings. The van der Waals surface area contributed by atoms with Gasteiger partial charge in [0.2, 0.25) is 0 Å². The highest BCUT2D eigenvalue weighted by Gasteiger charge is 2.26. The largest absolute Gasteiger partial charge is 0.458 e. The molecule has 33 heavy (non-hydrogen) atoms. The number of hydrogen-bond donors (Lipinski definition) is 1. The van der Waals surface area contributed by atoms with Crippen molar-refractivity contribution in [2.24, 2.45) is 0 Å². The van der Waals surface area contributed by atoms with E-state index in [-0.39, 0.29) is 6.61 Å². The van der Waals surface area contributed by atoms with Gasteiger partial charge in [0.1, 0.15) is 23.3 Å². The topological polar surface area (TPSA) is 77.5 Å². The standard InChI is InChI=1S/C25H34N2O4S2/c1-25(2,3)31-23(28)21(27-24(29)30-19-20-13-7-6-8-14-20)15-9-4-5-12-18-32-33-22-16-10-11-17-26-22/h6-8,10-11,13-14,16-17,21H,4-5,9,12,15,18-19H2,1-3H3,(H,27,29)/t21-/m0/s1. The molecule has 0 radical (unpaired) electrons. The zero-order valence-corrected chi connectivity index (χ0v) is 21.3. The molecule has 0 aliphatic carbocycles. The van der Waals surface area contributed by atoms with E-state index in [1.807, 2.05) is 69.3 Å². The number of carbonyl (C=O) groups is 2. The number of pyridine rings is 1. The lowest BCUT2D eigenvalue weighted by Gasteiger charge is -2.24. The van der Waals surface area contributed by atoms with Gasteiger partial charge in [-0.15, -0.1) is 0 Å². The van der Waals surface area contributed by atoms with Crippen LogP contribution in [0.1, 0.15) is 58.4 Å². The normalized spacial score (nSPS) is 12.1. The Bertz CT molecular complexity index is 829. The summed E-state index contributed by atoms with van der Waals surface area (Å²) in [7, 11) is 3.49. The number of rotatable bonds is 13. The third-order valence-corrected chi connectivity index (χ3v) is 6.80. The van der Waals surface area contributed by atoms with Gasteiger partial charge in [-0.3, -0.25) is 0 Å². The predicted molar refractivity (Wildman–Crippen MR) is 135 cm³/mol. The molecule has 1 heterocycles. The Morgan fingerprint density at radius 1 is 1.00 bits per heavy atom. The second-order valence-electron chi connectivity index (χ2n) is 8.57. The number of nitrogens with zero attached hydrogens (tertiary/aromatic N) is 1. The van der Waals surface area contributed by atoms with E-state index >= 15 is 0 Å². The molecule has 0 spiro atoms. The van der Waals surface area contributed by atoms with Crippen molar-refractivity contribution in [2.45, 2.75) is 76.2 Å². The third kappa shape index (κ3) is 12.6. The van der Waals surface area contributed by atoms with Crippen molar-refractivity contribution in [3.8, 4) is 0 Å². The molecule has 8 heteroatoms. The Kier molecular flexibility index (Phi) is 12.2. The van der Waals surface area contributed by atoms with E-state index in [0.717, 1.165) is 42.0 Å². The molecule has 0 saturated heterocycles. The van der Waals surface area contributed by atoms with Crippen LogP contribution in [0.25, 0.3) is 0 Å². The van der Waals surface area contributed by atoms with Gasteiger partial charge in [-0.2, -0.15) is 0 Å². The van der Waals surface area contributed by atoms with E-state index in [4.69, 9.17) is 9.47 Å². The zero-order valence-electron chi connectivity index (χ0n) is 19.6. The summed E-state index contributed by atoms with van der Waals surface area (Å²) in [6.45, 7) is 5.60. The Balaban J connectivity index is 1.69. The first kappa shape index (κ1) is 27.1. The van der Waals surface area contributed by atoms with E-state index in [9.17, 15) is 9.59 Å². The van der Waals surface area contributed by atoms with Crippen molar-refractivity contribution in [3.05, 3.63) is 60.3 Å². The first-order valence-electron chi connectivity index (χ1n) is 11.2. The highest BCUT2D eigenvalue weighted by Crippen LogP contribution is 2.29. The predicted octanol–water partition coefficient (Wildman–Crippen LogP) is 6.41. The Hall–Kier alpha value is -2.19. The van der Waals surface area contributed by atoms with Crippen LogP contribution >= 0.6 is 21.6 Å². The number of ether oxygens (including phenoxy) is 2. The van der Waals surface area contributed by atoms with Crippen molar-refractivity contribution >= 4 is 33.7 Å². The fraction of sp³-hybridized carbons (Fsp3) is 0.480. The average molecular weight is 491 g/mol. The molecule has 180 valence electrons. The quantitative estimate of drug-likeness (QED) is 0.197. The molecule has 6 nitrogen and oxygen atoms in total. The summed E-state index contributed by atoms with van der Waals surface area (Å²) in [5.41, 5.74) is 0.272. The van der Waals surface area contributed by atoms with E-state index in [2.05, 4.69) is 10.3 Å². The van der Waals surface area contributed by atoms with Gasteiger partial charge in [0.05, 0.1) is 0 Å². The van der Waals surface area contributed by atoms with Gasteiger partial charge >= 0.3 is 12.1 Å². The minimum atomic E-state index is -0.721. The van der Waals surface area contributed by atoms with E-state index in [0.29, 0.717) is 6.42 Å². The second kappa shape index (κ2) is 14.9. The van der Waals surface area contributed by atoms with Crippen molar-refractivity contribution in [1.82, 2.24) is 10.3 Å². The van der Waals surface area contributed by atoms with Gasteiger partial charge in [-0.05, 0) is 62.1 Å². The lowest BCUT2D eigenvalue weighted by Crippen LogP contribution is -2.44. The van der Waals surface area contributed by atoms with Crippen LogP contribution < -0.4 is 5.32 Å². The highest BCUT2D eigenvalue weighted by molar-refractivity contribution is 8.76. The maximum Gasteiger partial charge on any atom is 0.408 e. The fourth-order valence-corrected chi connectivity index (χ4v) is 4.92. The van der Waals surface area contributed by atoms with Crippen LogP contribution in [0.5, 0.6) is 0 Å². The van der Waals surface area contributed by atoms with Crippen LogP contribution in [0.4, 0.5) is 4.79 Å². The molecule has 1 aromatic heterocycles. The average Bonchev–Trinajstić information content (AvgIpc) is 2.79. The van der Waals surface area contributed by atoms with E-state index in [1.54, 1.807) is 27.8 Å². The molecule has 1 N–H and O–H groups in total. The number of esters is 1. The summed E-state index contributed by atoms with van der Waals surface area (Å²) in [6.07, 6.45) is 5.66. The lowest BCUT2D eigenvalue weighted by atomic mass is 10.1. The molecule has 2 rings (SSSR count). The van der Waals surface area contributed by atoms with Crippen LogP contribution in [0.2, 0.25) is 0 Å². The first-order chi connectivity index (χ1) is 15.8. The number of aromatic nitrogens is 1. The van der Waals surface area contributed by atoms with Crippen LogP contribution in [0, 0.1) is 0 Å². The van der Waals surface area contributed by atoms with Gasteiger partial charge in [-0.25, -0.2) is 14.6 Å². The van der Waals surface area contributed by atoms with Crippen LogP contribution in [-0.4, -0.2) is 34.4 Å². The molecular formula is C25H34N2O4S2. The summed E-state index contributed by atoms with van der Waals surface area (Å²) in [5, 5.41) is 3.71. The van der Waals surface area contributed by atoms with Crippen molar-refractivity contribution in [1.29, 1.82) is 0 Å². The van der Waals surface area contributed by atoms with Crippen LogP contribution in [0.15, 0.2) is 59.8 Å². The smallest absolute Gasteiger partial charge is 0.408 e. The maximum atomic E-state index is 12.6. The van der Waals surface area contributed by atoms with Crippen molar-refractivity contribution in [3.63, 3.8) is 0 Å². The van der Waals surface area contributed by atoms with Gasteiger partial charge in [-0.1, -0.05) is 66.5 Å². The third-order valence-electron chi connectivity index (χ3n) is 4.45. The maximum absolute atomic E-state index is 12.6. The molecule has 1 aromatic carbocycles. The molecule has 0 unspecified atom stereocenters. The number of amides is 1. The number of alkyl carbamates (subject to hydrolysis) is 1. The fourth-order valence-electron chi connectivity index (χ4n) is 2.89. The summed E-state index contributed by atoms with van der Waals surface area (Å²) < 4.78 is 10.8. The van der Waals surface area contributed by atoms with Crippen molar-refractivity contribution < 1.29 is 19.1 Å². The molecule has 0 aliphatic heterocycles. The summed E-state index contributed by atoms with van der Waals surface area (Å²) in [5.74, 6) is 0.613.